The van der Waals surface area contributed by atoms with Crippen LogP contribution in [0.1, 0.15) is 30.4 Å². The van der Waals surface area contributed by atoms with Crippen molar-refractivity contribution in [2.45, 2.75) is 25.9 Å². The molecule has 156 valence electrons. The lowest BCUT2D eigenvalue weighted by atomic mass is 9.96. The molecule has 4 aromatic rings. The van der Waals surface area contributed by atoms with Gasteiger partial charge in [-0.3, -0.25) is 4.79 Å². The molecule has 1 amide bonds. The van der Waals surface area contributed by atoms with E-state index in [4.69, 9.17) is 10.5 Å². The van der Waals surface area contributed by atoms with E-state index in [-0.39, 0.29) is 18.2 Å². The van der Waals surface area contributed by atoms with Crippen LogP contribution in [0.3, 0.4) is 0 Å². The minimum Gasteiger partial charge on any atom is -0.489 e. The van der Waals surface area contributed by atoms with E-state index in [9.17, 15) is 4.79 Å². The number of thiophene rings is 1. The van der Waals surface area contributed by atoms with Crippen molar-refractivity contribution in [2.75, 3.05) is 0 Å². The summed E-state index contributed by atoms with van der Waals surface area (Å²) < 4.78 is 8.97. The fourth-order valence-corrected chi connectivity index (χ4v) is 4.39. The predicted molar refractivity (Wildman–Crippen MR) is 123 cm³/mol. The quantitative estimate of drug-likeness (QED) is 0.444. The average molecular weight is 431 g/mol. The van der Waals surface area contributed by atoms with E-state index >= 15 is 0 Å². The number of hydrogen-bond donors (Lipinski definition) is 1. The van der Waals surface area contributed by atoms with Gasteiger partial charge >= 0.3 is 0 Å². The fourth-order valence-electron chi connectivity index (χ4n) is 3.47. The summed E-state index contributed by atoms with van der Waals surface area (Å²) in [6, 6.07) is 14.0. The third kappa shape index (κ3) is 4.60. The summed E-state index contributed by atoms with van der Waals surface area (Å²) in [6.45, 7) is 2.20. The van der Waals surface area contributed by atoms with Gasteiger partial charge in [-0.15, -0.1) is 17.3 Å². The molecule has 1 atom stereocenters. The van der Waals surface area contributed by atoms with Gasteiger partial charge in [0.25, 0.3) is 0 Å². The van der Waals surface area contributed by atoms with E-state index in [0.717, 1.165) is 33.7 Å². The van der Waals surface area contributed by atoms with Crippen LogP contribution < -0.4 is 10.5 Å². The summed E-state index contributed by atoms with van der Waals surface area (Å²) in [5.41, 5.74) is 8.44. The number of aromatic nitrogens is 3. The molecule has 0 aliphatic heterocycles. The van der Waals surface area contributed by atoms with Crippen molar-refractivity contribution in [2.24, 2.45) is 12.8 Å². The van der Waals surface area contributed by atoms with E-state index < -0.39 is 0 Å². The molecular formula is C24H22N4O2S. The molecule has 0 spiro atoms. The molecule has 2 aromatic carbocycles. The molecule has 0 bridgehead atoms. The summed E-state index contributed by atoms with van der Waals surface area (Å²) in [7, 11) is 1.89. The highest BCUT2D eigenvalue weighted by Crippen LogP contribution is 2.33. The normalized spacial score (nSPS) is 11.7. The van der Waals surface area contributed by atoms with Crippen molar-refractivity contribution in [3.8, 4) is 29.0 Å². The second-order valence-corrected chi connectivity index (χ2v) is 8.07. The van der Waals surface area contributed by atoms with Crippen LogP contribution >= 0.6 is 11.3 Å². The molecule has 4 rings (SSSR count). The molecule has 0 unspecified atom stereocenters. The van der Waals surface area contributed by atoms with Gasteiger partial charge in [0, 0.05) is 34.5 Å². The van der Waals surface area contributed by atoms with Gasteiger partial charge in [0.2, 0.25) is 5.91 Å². The van der Waals surface area contributed by atoms with Gasteiger partial charge in [-0.05, 0) is 42.3 Å². The number of nitrogens with two attached hydrogens (primary N) is 1. The number of carbonyl (C=O) groups excluding carboxylic acids is 1. The lowest BCUT2D eigenvalue weighted by molar-refractivity contribution is -0.118. The van der Waals surface area contributed by atoms with E-state index in [1.165, 1.54) is 4.70 Å². The Balaban J connectivity index is 1.49. The highest BCUT2D eigenvalue weighted by Gasteiger charge is 2.13. The first-order valence-electron chi connectivity index (χ1n) is 9.83. The van der Waals surface area contributed by atoms with Crippen molar-refractivity contribution in [1.29, 1.82) is 0 Å². The lowest BCUT2D eigenvalue weighted by Gasteiger charge is -2.11. The van der Waals surface area contributed by atoms with Crippen molar-refractivity contribution in [3.05, 3.63) is 65.3 Å². The smallest absolute Gasteiger partial charge is 0.219 e. The zero-order valence-electron chi connectivity index (χ0n) is 17.3. The molecule has 2 aromatic heterocycles. The maximum Gasteiger partial charge on any atom is 0.219 e. The Bertz CT molecular complexity index is 1280. The highest BCUT2D eigenvalue weighted by atomic mass is 32.1. The van der Waals surface area contributed by atoms with Gasteiger partial charge in [0.15, 0.2) is 5.82 Å². The maximum absolute atomic E-state index is 11.3. The molecule has 0 aliphatic rings. The number of rotatable bonds is 7. The SMILES string of the molecule is CC#C[C@@H](CC(N)=O)c1ccc(OCc2ccc3scc(-c4ncnn4C)c3c2)cc1. The minimum absolute atomic E-state index is 0.198. The molecule has 0 saturated carbocycles. The van der Waals surface area contributed by atoms with Crippen LogP contribution in [0.4, 0.5) is 0 Å². The number of fused-ring (bicyclic) bond motifs is 1. The molecule has 7 heteroatoms. The number of nitrogens with zero attached hydrogens (tertiary/aromatic N) is 3. The first-order valence-corrected chi connectivity index (χ1v) is 10.7. The third-order valence-electron chi connectivity index (χ3n) is 5.00. The van der Waals surface area contributed by atoms with Crippen molar-refractivity contribution >= 4 is 27.3 Å². The van der Waals surface area contributed by atoms with Crippen molar-refractivity contribution in [1.82, 2.24) is 14.8 Å². The van der Waals surface area contributed by atoms with Gasteiger partial charge in [-0.2, -0.15) is 5.10 Å². The first-order chi connectivity index (χ1) is 15.0. The van der Waals surface area contributed by atoms with Gasteiger partial charge in [-0.1, -0.05) is 24.1 Å². The summed E-state index contributed by atoms with van der Waals surface area (Å²) in [5.74, 6) is 6.95. The lowest BCUT2D eigenvalue weighted by Crippen LogP contribution is -2.14. The Kier molecular flexibility index (Phi) is 6.01. The Morgan fingerprint density at radius 2 is 2.06 bits per heavy atom. The van der Waals surface area contributed by atoms with E-state index in [0.29, 0.717) is 6.61 Å². The van der Waals surface area contributed by atoms with E-state index in [1.54, 1.807) is 29.3 Å². The topological polar surface area (TPSA) is 83.0 Å². The number of aryl methyl sites for hydroxylation is 1. The zero-order valence-corrected chi connectivity index (χ0v) is 18.1. The maximum atomic E-state index is 11.3. The van der Waals surface area contributed by atoms with Gasteiger partial charge in [-0.25, -0.2) is 9.67 Å². The fraction of sp³-hybridized carbons (Fsp3) is 0.208. The van der Waals surface area contributed by atoms with Crippen LogP contribution in [0.15, 0.2) is 54.2 Å². The number of ether oxygens (including phenoxy) is 1. The summed E-state index contributed by atoms with van der Waals surface area (Å²) in [6.07, 6.45) is 1.77. The number of amides is 1. The van der Waals surface area contributed by atoms with Crippen LogP contribution in [0.5, 0.6) is 5.75 Å². The molecular weight excluding hydrogens is 408 g/mol. The molecule has 0 radical (unpaired) electrons. The van der Waals surface area contributed by atoms with Crippen LogP contribution in [0.2, 0.25) is 0 Å². The summed E-state index contributed by atoms with van der Waals surface area (Å²) in [4.78, 5) is 15.7. The molecule has 0 saturated heterocycles. The Hall–Kier alpha value is -3.63. The summed E-state index contributed by atoms with van der Waals surface area (Å²) in [5, 5.41) is 7.43. The minimum atomic E-state index is -0.363. The van der Waals surface area contributed by atoms with Crippen LogP contribution in [0, 0.1) is 11.8 Å². The molecule has 2 N–H and O–H groups in total. The second-order valence-electron chi connectivity index (χ2n) is 7.16. The zero-order chi connectivity index (χ0) is 21.8. The average Bonchev–Trinajstić information content (AvgIpc) is 3.37. The van der Waals surface area contributed by atoms with E-state index in [1.807, 2.05) is 31.3 Å². The van der Waals surface area contributed by atoms with Gasteiger partial charge in [0.05, 0.1) is 5.92 Å². The number of benzene rings is 2. The molecule has 2 heterocycles. The van der Waals surface area contributed by atoms with Gasteiger partial charge in [0.1, 0.15) is 18.7 Å². The standard InChI is InChI=1S/C24H22N4O2S/c1-3-4-18(12-23(25)29)17-6-8-19(9-7-17)30-13-16-5-10-22-20(11-16)21(14-31-22)24-26-15-27-28(24)2/h5-11,14-15,18H,12-13H2,1-2H3,(H2,25,29)/t18-/m0/s1. The number of hydrogen-bond acceptors (Lipinski definition) is 5. The van der Waals surface area contributed by atoms with E-state index in [2.05, 4.69) is 45.5 Å². The second kappa shape index (κ2) is 9.02. The van der Waals surface area contributed by atoms with Crippen LogP contribution in [-0.2, 0) is 18.4 Å². The van der Waals surface area contributed by atoms with Crippen LogP contribution in [-0.4, -0.2) is 20.7 Å². The Morgan fingerprint density at radius 1 is 1.26 bits per heavy atom. The van der Waals surface area contributed by atoms with Crippen molar-refractivity contribution in [3.63, 3.8) is 0 Å². The summed E-state index contributed by atoms with van der Waals surface area (Å²) >= 11 is 1.69. The van der Waals surface area contributed by atoms with Gasteiger partial charge < -0.3 is 10.5 Å². The Labute approximate surface area is 184 Å². The Morgan fingerprint density at radius 3 is 2.74 bits per heavy atom. The first kappa shape index (κ1) is 20.6. The monoisotopic (exact) mass is 430 g/mol. The number of primary amides is 1. The number of carbonyl (C=O) groups is 1. The molecule has 31 heavy (non-hydrogen) atoms. The molecule has 0 aliphatic carbocycles. The van der Waals surface area contributed by atoms with Crippen LogP contribution in [0.25, 0.3) is 21.5 Å². The molecule has 0 fully saturated rings. The molecule has 6 nitrogen and oxygen atoms in total. The predicted octanol–water partition coefficient (Wildman–Crippen LogP) is 4.26. The highest BCUT2D eigenvalue weighted by molar-refractivity contribution is 7.17. The largest absolute Gasteiger partial charge is 0.489 e. The third-order valence-corrected chi connectivity index (χ3v) is 5.97. The van der Waals surface area contributed by atoms with Crippen molar-refractivity contribution < 1.29 is 9.53 Å².